The summed E-state index contributed by atoms with van der Waals surface area (Å²) in [5, 5.41) is 32.8. The normalized spacial score (nSPS) is 16.5. The van der Waals surface area contributed by atoms with E-state index in [1.807, 2.05) is 0 Å². The minimum Gasteiger partial charge on any atom is -0.535 e. The molecule has 0 fully saturated rings. The maximum Gasteiger partial charge on any atom is 0.526 e. The zero-order chi connectivity index (χ0) is 20.6. The van der Waals surface area contributed by atoms with Gasteiger partial charge in [-0.05, 0) is 18.1 Å². The topological polar surface area (TPSA) is 155 Å². The minimum absolute atomic E-state index is 0.0141. The largest absolute Gasteiger partial charge is 0.535 e. The van der Waals surface area contributed by atoms with Gasteiger partial charge in [0.2, 0.25) is 0 Å². The zero-order valence-corrected chi connectivity index (χ0v) is 14.7. The number of carboxylic acid groups (broad SMARTS) is 1. The minimum atomic E-state index is -1.76. The molecule has 5 N–H and O–H groups in total. The number of nitrogens with zero attached hydrogens (tertiary/aromatic N) is 2. The van der Waals surface area contributed by atoms with Crippen LogP contribution in [0.25, 0.3) is 0 Å². The number of Topliss-reactive ketones (excluding diaryl/α,β-unsaturated/α-hetero) is 1. The Bertz CT molecular complexity index is 998. The molecule has 2 heterocycles. The molecule has 0 saturated carbocycles. The first-order valence-electron chi connectivity index (χ1n) is 7.78. The third-order valence-electron chi connectivity index (χ3n) is 4.16. The third kappa shape index (κ3) is 3.53. The average Bonchev–Trinajstić information content (AvgIpc) is 3.04. The number of rotatable bonds is 5. The number of carboxylic acids is 1. The number of benzene rings is 1. The van der Waals surface area contributed by atoms with Crippen molar-refractivity contribution in [1.82, 2.24) is 4.98 Å². The Morgan fingerprint density at radius 2 is 2.18 bits per heavy atom. The van der Waals surface area contributed by atoms with Crippen LogP contribution in [-0.2, 0) is 11.2 Å². The van der Waals surface area contributed by atoms with Gasteiger partial charge < -0.3 is 25.7 Å². The average molecular weight is 411 g/mol. The Hall–Kier alpha value is -3.06. The van der Waals surface area contributed by atoms with E-state index in [0.29, 0.717) is 0 Å². The summed E-state index contributed by atoms with van der Waals surface area (Å²) in [6.07, 6.45) is -0.559. The molecular formula is C15H12BF2N3O6S. The van der Waals surface area contributed by atoms with Crippen LogP contribution in [0.5, 0.6) is 5.75 Å². The van der Waals surface area contributed by atoms with Gasteiger partial charge in [0.05, 0.1) is 0 Å². The summed E-state index contributed by atoms with van der Waals surface area (Å²) >= 11 is 1.03. The van der Waals surface area contributed by atoms with Crippen molar-refractivity contribution in [2.45, 2.75) is 18.7 Å². The number of carbonyl (C=O) groups is 2. The van der Waals surface area contributed by atoms with Crippen molar-refractivity contribution in [3.05, 3.63) is 39.9 Å². The van der Waals surface area contributed by atoms with E-state index in [9.17, 15) is 23.4 Å². The first kappa shape index (κ1) is 19.7. The van der Waals surface area contributed by atoms with Crippen LogP contribution >= 0.6 is 11.3 Å². The fourth-order valence-electron chi connectivity index (χ4n) is 2.89. The molecule has 0 bridgehead atoms. The van der Waals surface area contributed by atoms with Gasteiger partial charge in [-0.2, -0.15) is 0 Å². The van der Waals surface area contributed by atoms with Crippen LogP contribution < -0.4 is 10.4 Å². The van der Waals surface area contributed by atoms with Gasteiger partial charge in [-0.15, -0.1) is 11.3 Å². The Labute approximate surface area is 160 Å². The van der Waals surface area contributed by atoms with Crippen molar-refractivity contribution in [3.8, 4) is 5.75 Å². The standard InChI is InChI=1S/C15H12BF2N3O6S/c17-7-2-5-1-6(16(25)27-13(5)10(11(7)18)14(23)24)3-9(22)12(21-26)8-4-28-15(19)20-8/h2,4,6,25-26H,1,3H2,(H2,19,20)(H,23,24)/b21-12-/t6-/m1/s1. The molecule has 13 heteroatoms. The summed E-state index contributed by atoms with van der Waals surface area (Å²) in [6, 6.07) is 0.753. The van der Waals surface area contributed by atoms with E-state index in [-0.39, 0.29) is 28.5 Å². The Morgan fingerprint density at radius 1 is 1.46 bits per heavy atom. The molecule has 0 unspecified atom stereocenters. The monoisotopic (exact) mass is 411 g/mol. The van der Waals surface area contributed by atoms with E-state index in [0.717, 1.165) is 17.4 Å². The molecule has 0 spiro atoms. The molecule has 28 heavy (non-hydrogen) atoms. The van der Waals surface area contributed by atoms with Gasteiger partial charge in [0.25, 0.3) is 0 Å². The number of aromatic carboxylic acids is 1. The molecule has 3 rings (SSSR count). The number of nitrogen functional groups attached to an aromatic ring is 1. The second kappa shape index (κ2) is 7.52. The number of halogens is 2. The molecule has 1 aliphatic heterocycles. The second-order valence-corrected chi connectivity index (χ2v) is 6.85. The number of anilines is 1. The van der Waals surface area contributed by atoms with Gasteiger partial charge in [0.1, 0.15) is 17.0 Å². The number of nitrogens with two attached hydrogens (primary N) is 1. The lowest BCUT2D eigenvalue weighted by atomic mass is 9.64. The maximum absolute atomic E-state index is 13.8. The smallest absolute Gasteiger partial charge is 0.526 e. The van der Waals surface area contributed by atoms with E-state index >= 15 is 0 Å². The second-order valence-electron chi connectivity index (χ2n) is 5.96. The predicted molar refractivity (Wildman–Crippen MR) is 93.8 cm³/mol. The highest BCUT2D eigenvalue weighted by atomic mass is 32.1. The Kier molecular flexibility index (Phi) is 5.29. The zero-order valence-electron chi connectivity index (χ0n) is 13.9. The number of aromatic nitrogens is 1. The summed E-state index contributed by atoms with van der Waals surface area (Å²) in [5.41, 5.74) is 4.09. The molecule has 1 aliphatic rings. The molecular weight excluding hydrogens is 399 g/mol. The fraction of sp³-hybridized carbons (Fsp3) is 0.200. The molecule has 1 aromatic carbocycles. The van der Waals surface area contributed by atoms with Gasteiger partial charge in [-0.3, -0.25) is 4.79 Å². The van der Waals surface area contributed by atoms with Gasteiger partial charge in [0.15, 0.2) is 28.3 Å². The number of hydrogen-bond donors (Lipinski definition) is 4. The van der Waals surface area contributed by atoms with E-state index in [1.165, 1.54) is 5.38 Å². The van der Waals surface area contributed by atoms with Crippen molar-refractivity contribution in [3.63, 3.8) is 0 Å². The van der Waals surface area contributed by atoms with Crippen LogP contribution in [0.3, 0.4) is 0 Å². The van der Waals surface area contributed by atoms with E-state index in [4.69, 9.17) is 20.7 Å². The van der Waals surface area contributed by atoms with Crippen LogP contribution in [0.1, 0.15) is 28.0 Å². The van der Waals surface area contributed by atoms with Crippen molar-refractivity contribution < 1.29 is 38.4 Å². The highest BCUT2D eigenvalue weighted by Gasteiger charge is 2.40. The summed E-state index contributed by atoms with van der Waals surface area (Å²) in [6.45, 7) is 0. The van der Waals surface area contributed by atoms with Gasteiger partial charge >= 0.3 is 13.1 Å². The lowest BCUT2D eigenvalue weighted by Crippen LogP contribution is -2.37. The summed E-state index contributed by atoms with van der Waals surface area (Å²) in [5.74, 6) is -6.89. The van der Waals surface area contributed by atoms with Crippen LogP contribution in [0.15, 0.2) is 16.6 Å². The van der Waals surface area contributed by atoms with Gasteiger partial charge in [-0.25, -0.2) is 18.6 Å². The van der Waals surface area contributed by atoms with Crippen molar-refractivity contribution in [2.24, 2.45) is 5.16 Å². The lowest BCUT2D eigenvalue weighted by Gasteiger charge is -2.28. The molecule has 1 atom stereocenters. The fourth-order valence-corrected chi connectivity index (χ4v) is 3.44. The van der Waals surface area contributed by atoms with Crippen LogP contribution in [0.2, 0.25) is 5.82 Å². The highest BCUT2D eigenvalue weighted by Crippen LogP contribution is 2.38. The molecule has 0 saturated heterocycles. The predicted octanol–water partition coefficient (Wildman–Crippen LogP) is 1.32. The molecule has 2 aromatic rings. The van der Waals surface area contributed by atoms with Crippen LogP contribution in [0, 0.1) is 11.6 Å². The number of thiazole rings is 1. The Morgan fingerprint density at radius 3 is 2.75 bits per heavy atom. The molecule has 146 valence electrons. The first-order valence-corrected chi connectivity index (χ1v) is 8.66. The number of oxime groups is 1. The molecule has 0 radical (unpaired) electrons. The number of hydrogen-bond acceptors (Lipinski definition) is 9. The number of fused-ring (bicyclic) bond motifs is 1. The summed E-state index contributed by atoms with van der Waals surface area (Å²) in [7, 11) is -1.67. The van der Waals surface area contributed by atoms with E-state index < -0.39 is 54.1 Å². The highest BCUT2D eigenvalue weighted by molar-refractivity contribution is 7.13. The quantitative estimate of drug-likeness (QED) is 0.249. The Balaban J connectivity index is 1.87. The summed E-state index contributed by atoms with van der Waals surface area (Å²) in [4.78, 5) is 27.5. The van der Waals surface area contributed by atoms with Crippen LogP contribution in [-0.4, -0.2) is 44.9 Å². The lowest BCUT2D eigenvalue weighted by molar-refractivity contribution is -0.113. The van der Waals surface area contributed by atoms with Gasteiger partial charge in [0, 0.05) is 17.6 Å². The third-order valence-corrected chi connectivity index (χ3v) is 4.84. The SMILES string of the molecule is Nc1nc(/C(=N/O)C(=O)C[C@H]2Cc3cc(F)c(F)c(C(=O)O)c3OB2O)cs1. The molecule has 0 amide bonds. The van der Waals surface area contributed by atoms with Crippen molar-refractivity contribution in [1.29, 1.82) is 0 Å². The summed E-state index contributed by atoms with van der Waals surface area (Å²) < 4.78 is 32.6. The molecule has 0 aliphatic carbocycles. The molecule has 9 nitrogen and oxygen atoms in total. The van der Waals surface area contributed by atoms with Crippen molar-refractivity contribution >= 4 is 41.1 Å². The molecule has 1 aromatic heterocycles. The van der Waals surface area contributed by atoms with Crippen LogP contribution in [0.4, 0.5) is 13.9 Å². The number of carbonyl (C=O) groups excluding carboxylic acids is 1. The van der Waals surface area contributed by atoms with E-state index in [2.05, 4.69) is 10.1 Å². The first-order chi connectivity index (χ1) is 13.2. The number of ketones is 1. The maximum atomic E-state index is 13.8. The van der Waals surface area contributed by atoms with Gasteiger partial charge in [-0.1, -0.05) is 5.16 Å². The van der Waals surface area contributed by atoms with E-state index in [1.54, 1.807) is 0 Å². The van der Waals surface area contributed by atoms with Crippen molar-refractivity contribution in [2.75, 3.05) is 5.73 Å².